The van der Waals surface area contributed by atoms with Crippen LogP contribution >= 0.6 is 0 Å². The first-order valence-corrected chi connectivity index (χ1v) is 9.16. The van der Waals surface area contributed by atoms with Gasteiger partial charge in [0.25, 0.3) is 0 Å². The molecule has 2 rings (SSSR count). The smallest absolute Gasteiger partial charge is 0.148 e. The van der Waals surface area contributed by atoms with E-state index in [4.69, 9.17) is 0 Å². The summed E-state index contributed by atoms with van der Waals surface area (Å²) in [4.78, 5) is 4.68. The number of hydrogen-bond donors (Lipinski definition) is 0. The molecule has 1 aromatic carbocycles. The number of nitrogens with zero attached hydrogens (tertiary/aromatic N) is 2. The molecule has 0 spiro atoms. The molecule has 20 heavy (non-hydrogen) atoms. The number of sulfone groups is 1. The maximum atomic E-state index is 11.2. The van der Waals surface area contributed by atoms with Crippen LogP contribution in [0.25, 0.3) is 0 Å². The Morgan fingerprint density at radius 3 is 2.35 bits per heavy atom. The first kappa shape index (κ1) is 15.5. The molecular weight excluding hydrogens is 272 g/mol. The second-order valence-corrected chi connectivity index (χ2v) is 8.00. The summed E-state index contributed by atoms with van der Waals surface area (Å²) < 4.78 is 22.3. The molecule has 0 saturated carbocycles. The summed E-state index contributed by atoms with van der Waals surface area (Å²) in [6, 6.07) is 8.62. The fraction of sp³-hybridized carbons (Fsp3) is 0.600. The zero-order chi connectivity index (χ0) is 14.6. The van der Waals surface area contributed by atoms with Crippen molar-refractivity contribution < 1.29 is 8.42 Å². The van der Waals surface area contributed by atoms with Crippen LogP contribution in [0.1, 0.15) is 11.1 Å². The Kier molecular flexibility index (Phi) is 5.18. The van der Waals surface area contributed by atoms with Gasteiger partial charge < -0.3 is 0 Å². The molecule has 0 amide bonds. The van der Waals surface area contributed by atoms with Gasteiger partial charge in [-0.3, -0.25) is 9.80 Å². The van der Waals surface area contributed by atoms with Crippen LogP contribution < -0.4 is 0 Å². The summed E-state index contributed by atoms with van der Waals surface area (Å²) in [5.41, 5.74) is 2.66. The van der Waals surface area contributed by atoms with Crippen LogP contribution in [0.3, 0.4) is 0 Å². The van der Waals surface area contributed by atoms with Gasteiger partial charge in [0, 0.05) is 45.5 Å². The minimum Gasteiger partial charge on any atom is -0.300 e. The van der Waals surface area contributed by atoms with Gasteiger partial charge in [-0.25, -0.2) is 8.42 Å². The number of piperazine rings is 1. The first-order valence-electron chi connectivity index (χ1n) is 7.10. The van der Waals surface area contributed by atoms with Gasteiger partial charge in [-0.2, -0.15) is 0 Å². The highest BCUT2D eigenvalue weighted by atomic mass is 32.2. The lowest BCUT2D eigenvalue weighted by Crippen LogP contribution is -2.47. The van der Waals surface area contributed by atoms with Gasteiger partial charge in [-0.1, -0.05) is 29.8 Å². The largest absolute Gasteiger partial charge is 0.300 e. The van der Waals surface area contributed by atoms with E-state index in [0.717, 1.165) is 32.7 Å². The average Bonchev–Trinajstić information content (AvgIpc) is 2.37. The van der Waals surface area contributed by atoms with Crippen molar-refractivity contribution in [2.75, 3.05) is 44.7 Å². The predicted octanol–water partition coefficient (Wildman–Crippen LogP) is 1.16. The lowest BCUT2D eigenvalue weighted by atomic mass is 10.1. The van der Waals surface area contributed by atoms with Crippen LogP contribution in [0, 0.1) is 6.92 Å². The van der Waals surface area contributed by atoms with E-state index in [1.807, 2.05) is 0 Å². The highest BCUT2D eigenvalue weighted by molar-refractivity contribution is 7.90. The standard InChI is InChI=1S/C15H24N2O2S/c1-14-4-3-5-15(12-14)13-17-8-6-16(7-9-17)10-11-20(2,18)19/h3-5,12H,6-11,13H2,1-2H3. The van der Waals surface area contributed by atoms with Crippen LogP contribution in [-0.2, 0) is 16.4 Å². The zero-order valence-corrected chi connectivity index (χ0v) is 13.2. The summed E-state index contributed by atoms with van der Waals surface area (Å²) in [6.45, 7) is 7.71. The molecule has 5 heteroatoms. The summed E-state index contributed by atoms with van der Waals surface area (Å²) in [7, 11) is -2.85. The topological polar surface area (TPSA) is 40.6 Å². The third-order valence-corrected chi connectivity index (χ3v) is 4.66. The van der Waals surface area contributed by atoms with E-state index in [9.17, 15) is 8.42 Å². The van der Waals surface area contributed by atoms with Gasteiger partial charge in [0.05, 0.1) is 5.75 Å². The van der Waals surface area contributed by atoms with Crippen molar-refractivity contribution in [3.05, 3.63) is 35.4 Å². The van der Waals surface area contributed by atoms with Crippen LogP contribution in [0.15, 0.2) is 24.3 Å². The second kappa shape index (κ2) is 6.70. The Labute approximate surface area is 122 Å². The molecule has 0 aromatic heterocycles. The Morgan fingerprint density at radius 2 is 1.75 bits per heavy atom. The van der Waals surface area contributed by atoms with Crippen LogP contribution in [0.2, 0.25) is 0 Å². The van der Waals surface area contributed by atoms with Crippen molar-refractivity contribution in [1.82, 2.24) is 9.80 Å². The molecule has 1 heterocycles. The molecule has 0 unspecified atom stereocenters. The maximum Gasteiger partial charge on any atom is 0.148 e. The van der Waals surface area contributed by atoms with E-state index in [1.165, 1.54) is 17.4 Å². The van der Waals surface area contributed by atoms with Crippen molar-refractivity contribution in [3.8, 4) is 0 Å². The molecular formula is C15H24N2O2S. The fourth-order valence-electron chi connectivity index (χ4n) is 2.53. The lowest BCUT2D eigenvalue weighted by molar-refractivity contribution is 0.132. The molecule has 0 radical (unpaired) electrons. The molecule has 0 N–H and O–H groups in total. The molecule has 0 aliphatic carbocycles. The Morgan fingerprint density at radius 1 is 1.10 bits per heavy atom. The van der Waals surface area contributed by atoms with Crippen molar-refractivity contribution in [3.63, 3.8) is 0 Å². The molecule has 4 nitrogen and oxygen atoms in total. The summed E-state index contributed by atoms with van der Waals surface area (Å²) in [5.74, 6) is 0.269. The third-order valence-electron chi connectivity index (χ3n) is 3.73. The molecule has 112 valence electrons. The van der Waals surface area contributed by atoms with Gasteiger partial charge in [-0.15, -0.1) is 0 Å². The number of aryl methyl sites for hydroxylation is 1. The molecule has 0 atom stereocenters. The van der Waals surface area contributed by atoms with Crippen molar-refractivity contribution >= 4 is 9.84 Å². The fourth-order valence-corrected chi connectivity index (χ4v) is 3.12. The van der Waals surface area contributed by atoms with E-state index in [-0.39, 0.29) is 5.75 Å². The van der Waals surface area contributed by atoms with Crippen molar-refractivity contribution in [2.24, 2.45) is 0 Å². The average molecular weight is 296 g/mol. The summed E-state index contributed by atoms with van der Waals surface area (Å²) in [5, 5.41) is 0. The lowest BCUT2D eigenvalue weighted by Gasteiger charge is -2.34. The van der Waals surface area contributed by atoms with Gasteiger partial charge in [0.2, 0.25) is 0 Å². The Bertz CT molecular complexity index is 535. The van der Waals surface area contributed by atoms with Gasteiger partial charge in [-0.05, 0) is 12.5 Å². The van der Waals surface area contributed by atoms with Crippen molar-refractivity contribution in [2.45, 2.75) is 13.5 Å². The number of hydrogen-bond acceptors (Lipinski definition) is 4. The summed E-state index contributed by atoms with van der Waals surface area (Å²) >= 11 is 0. The molecule has 1 saturated heterocycles. The number of rotatable bonds is 5. The molecule has 1 aliphatic rings. The molecule has 1 fully saturated rings. The van der Waals surface area contributed by atoms with Gasteiger partial charge in [0.1, 0.15) is 9.84 Å². The summed E-state index contributed by atoms with van der Waals surface area (Å²) in [6.07, 6.45) is 1.31. The minimum atomic E-state index is -2.85. The highest BCUT2D eigenvalue weighted by Gasteiger charge is 2.17. The predicted molar refractivity (Wildman–Crippen MR) is 82.6 cm³/mol. The van der Waals surface area contributed by atoms with E-state index >= 15 is 0 Å². The molecule has 1 aromatic rings. The van der Waals surface area contributed by atoms with Crippen LogP contribution in [0.4, 0.5) is 0 Å². The first-order chi connectivity index (χ1) is 9.42. The van der Waals surface area contributed by atoms with E-state index in [0.29, 0.717) is 6.54 Å². The highest BCUT2D eigenvalue weighted by Crippen LogP contribution is 2.10. The third kappa shape index (κ3) is 5.23. The monoisotopic (exact) mass is 296 g/mol. The second-order valence-electron chi connectivity index (χ2n) is 5.74. The quantitative estimate of drug-likeness (QED) is 0.817. The maximum absolute atomic E-state index is 11.2. The van der Waals surface area contributed by atoms with E-state index < -0.39 is 9.84 Å². The van der Waals surface area contributed by atoms with Gasteiger partial charge in [0.15, 0.2) is 0 Å². The zero-order valence-electron chi connectivity index (χ0n) is 12.4. The van der Waals surface area contributed by atoms with E-state index in [2.05, 4.69) is 41.0 Å². The Hall–Kier alpha value is -0.910. The van der Waals surface area contributed by atoms with Crippen LogP contribution in [-0.4, -0.2) is 63.0 Å². The molecule has 1 aliphatic heterocycles. The SMILES string of the molecule is Cc1cccc(CN2CCN(CCS(C)(=O)=O)CC2)c1. The molecule has 0 bridgehead atoms. The van der Waals surface area contributed by atoms with Crippen molar-refractivity contribution in [1.29, 1.82) is 0 Å². The number of benzene rings is 1. The van der Waals surface area contributed by atoms with Crippen LogP contribution in [0.5, 0.6) is 0 Å². The minimum absolute atomic E-state index is 0.269. The van der Waals surface area contributed by atoms with E-state index in [1.54, 1.807) is 0 Å². The Balaban J connectivity index is 1.77. The van der Waals surface area contributed by atoms with Gasteiger partial charge >= 0.3 is 0 Å². The normalized spacial score (nSPS) is 18.3.